The number of pyridine rings is 1. The molecule has 2 aromatic carbocycles. The fourth-order valence-electron chi connectivity index (χ4n) is 3.51. The van der Waals surface area contributed by atoms with Gasteiger partial charge in [-0.05, 0) is 18.1 Å². The number of aromatic nitrogens is 3. The summed E-state index contributed by atoms with van der Waals surface area (Å²) in [7, 11) is 0. The highest BCUT2D eigenvalue weighted by Crippen LogP contribution is 2.25. The molecule has 0 saturated heterocycles. The standard InChI is InChI=1S/C21H20N4O3/c1-2-3-8-18-23-19-20(16-6-4-5-7-17(16)22-21(19)26)24(18)13-14-9-11-15(12-10-14)25(27)28/h4-7,9-12H,2-3,8,13H2,1H3,(H,22,26). The van der Waals surface area contributed by atoms with Crippen LogP contribution in [0.15, 0.2) is 53.3 Å². The summed E-state index contributed by atoms with van der Waals surface area (Å²) in [4.78, 5) is 30.7. The third-order valence-electron chi connectivity index (χ3n) is 4.93. The smallest absolute Gasteiger partial charge is 0.276 e. The quantitative estimate of drug-likeness (QED) is 0.403. The van der Waals surface area contributed by atoms with Crippen LogP contribution in [0.1, 0.15) is 31.2 Å². The average Bonchev–Trinajstić information content (AvgIpc) is 3.06. The van der Waals surface area contributed by atoms with Gasteiger partial charge in [0.1, 0.15) is 5.82 Å². The van der Waals surface area contributed by atoms with Crippen molar-refractivity contribution in [1.29, 1.82) is 0 Å². The summed E-state index contributed by atoms with van der Waals surface area (Å²) in [5, 5.41) is 11.9. The lowest BCUT2D eigenvalue weighted by Crippen LogP contribution is -2.08. The minimum atomic E-state index is -0.407. The zero-order valence-corrected chi connectivity index (χ0v) is 15.5. The summed E-state index contributed by atoms with van der Waals surface area (Å²) >= 11 is 0. The van der Waals surface area contributed by atoms with Gasteiger partial charge in [0.15, 0.2) is 5.52 Å². The number of fused-ring (bicyclic) bond motifs is 3. The van der Waals surface area contributed by atoms with E-state index in [1.807, 2.05) is 24.3 Å². The first-order valence-corrected chi connectivity index (χ1v) is 9.32. The number of H-pyrrole nitrogens is 1. The summed E-state index contributed by atoms with van der Waals surface area (Å²) < 4.78 is 2.07. The number of para-hydroxylation sites is 1. The van der Waals surface area contributed by atoms with Crippen LogP contribution in [-0.2, 0) is 13.0 Å². The van der Waals surface area contributed by atoms with Gasteiger partial charge in [-0.2, -0.15) is 0 Å². The Morgan fingerprint density at radius 1 is 1.14 bits per heavy atom. The van der Waals surface area contributed by atoms with Gasteiger partial charge in [0.05, 0.1) is 16.0 Å². The van der Waals surface area contributed by atoms with Gasteiger partial charge in [0, 0.05) is 30.5 Å². The molecule has 0 aliphatic carbocycles. The van der Waals surface area contributed by atoms with E-state index in [2.05, 4.69) is 21.5 Å². The molecule has 28 heavy (non-hydrogen) atoms. The molecular weight excluding hydrogens is 356 g/mol. The van der Waals surface area contributed by atoms with Gasteiger partial charge in [0.2, 0.25) is 0 Å². The summed E-state index contributed by atoms with van der Waals surface area (Å²) in [5.41, 5.74) is 2.80. The SMILES string of the molecule is CCCCc1nc2c(=O)[nH]c3ccccc3c2n1Cc1ccc([N+](=O)[O-])cc1. The van der Waals surface area contributed by atoms with Crippen molar-refractivity contribution in [3.8, 4) is 0 Å². The van der Waals surface area contributed by atoms with Gasteiger partial charge >= 0.3 is 0 Å². The van der Waals surface area contributed by atoms with Crippen molar-refractivity contribution in [2.45, 2.75) is 32.7 Å². The molecule has 0 atom stereocenters. The third-order valence-corrected chi connectivity index (χ3v) is 4.93. The Hall–Kier alpha value is -3.48. The molecule has 0 radical (unpaired) electrons. The molecule has 0 spiro atoms. The second kappa shape index (κ2) is 7.26. The van der Waals surface area contributed by atoms with Crippen LogP contribution in [0.5, 0.6) is 0 Å². The van der Waals surface area contributed by atoms with Crippen molar-refractivity contribution < 1.29 is 4.92 Å². The Kier molecular flexibility index (Phi) is 4.65. The molecule has 7 nitrogen and oxygen atoms in total. The van der Waals surface area contributed by atoms with Crippen LogP contribution < -0.4 is 5.56 Å². The summed E-state index contributed by atoms with van der Waals surface area (Å²) in [6.07, 6.45) is 2.77. The molecule has 0 bridgehead atoms. The lowest BCUT2D eigenvalue weighted by molar-refractivity contribution is -0.384. The topological polar surface area (TPSA) is 93.8 Å². The normalized spacial score (nSPS) is 11.3. The molecule has 1 N–H and O–H groups in total. The van der Waals surface area contributed by atoms with Crippen molar-refractivity contribution in [2.24, 2.45) is 0 Å². The van der Waals surface area contributed by atoms with Crippen molar-refractivity contribution in [3.05, 3.63) is 80.4 Å². The maximum absolute atomic E-state index is 12.6. The molecule has 0 fully saturated rings. The van der Waals surface area contributed by atoms with Gasteiger partial charge in [-0.15, -0.1) is 0 Å². The van der Waals surface area contributed by atoms with Crippen LogP contribution in [-0.4, -0.2) is 19.5 Å². The fraction of sp³-hybridized carbons (Fsp3) is 0.238. The molecule has 0 unspecified atom stereocenters. The summed E-state index contributed by atoms with van der Waals surface area (Å²) in [6, 6.07) is 14.2. The minimum Gasteiger partial charge on any atom is -0.323 e. The number of non-ortho nitro benzene ring substituents is 1. The zero-order chi connectivity index (χ0) is 19.7. The van der Waals surface area contributed by atoms with Crippen LogP contribution in [0, 0.1) is 10.1 Å². The van der Waals surface area contributed by atoms with Crippen molar-refractivity contribution in [1.82, 2.24) is 14.5 Å². The predicted octanol–water partition coefficient (Wildman–Crippen LogP) is 4.18. The number of nitrogens with zero attached hydrogens (tertiary/aromatic N) is 3. The number of benzene rings is 2. The molecule has 4 rings (SSSR count). The third kappa shape index (κ3) is 3.15. The van der Waals surface area contributed by atoms with E-state index in [1.165, 1.54) is 12.1 Å². The minimum absolute atomic E-state index is 0.0624. The molecule has 0 aliphatic rings. The lowest BCUT2D eigenvalue weighted by Gasteiger charge is -2.11. The summed E-state index contributed by atoms with van der Waals surface area (Å²) in [6.45, 7) is 2.62. The molecular formula is C21H20N4O3. The number of rotatable bonds is 6. The van der Waals surface area contributed by atoms with Crippen LogP contribution in [0.4, 0.5) is 5.69 Å². The van der Waals surface area contributed by atoms with E-state index in [9.17, 15) is 14.9 Å². The zero-order valence-electron chi connectivity index (χ0n) is 15.5. The van der Waals surface area contributed by atoms with Gasteiger partial charge in [0.25, 0.3) is 11.2 Å². The van der Waals surface area contributed by atoms with E-state index in [0.29, 0.717) is 12.1 Å². The second-order valence-corrected chi connectivity index (χ2v) is 6.84. The number of hydrogen-bond acceptors (Lipinski definition) is 4. The Bertz CT molecular complexity index is 1220. The van der Waals surface area contributed by atoms with Crippen molar-refractivity contribution >= 4 is 27.6 Å². The molecule has 2 aromatic heterocycles. The fourth-order valence-corrected chi connectivity index (χ4v) is 3.51. The molecule has 0 amide bonds. The van der Waals surface area contributed by atoms with E-state index >= 15 is 0 Å². The average molecular weight is 376 g/mol. The first-order chi connectivity index (χ1) is 13.6. The molecule has 4 aromatic rings. The first-order valence-electron chi connectivity index (χ1n) is 9.32. The highest BCUT2D eigenvalue weighted by atomic mass is 16.6. The van der Waals surface area contributed by atoms with Gasteiger partial charge in [-0.1, -0.05) is 43.7 Å². The Balaban J connectivity index is 1.90. The molecule has 2 heterocycles. The van der Waals surface area contributed by atoms with E-state index in [1.54, 1.807) is 12.1 Å². The largest absolute Gasteiger partial charge is 0.323 e. The highest BCUT2D eigenvalue weighted by molar-refractivity contribution is 6.02. The molecule has 0 saturated carbocycles. The maximum Gasteiger partial charge on any atom is 0.276 e. The van der Waals surface area contributed by atoms with Crippen LogP contribution >= 0.6 is 0 Å². The van der Waals surface area contributed by atoms with Crippen LogP contribution in [0.3, 0.4) is 0 Å². The Morgan fingerprint density at radius 2 is 1.89 bits per heavy atom. The van der Waals surface area contributed by atoms with E-state index in [4.69, 9.17) is 0 Å². The number of hydrogen-bond donors (Lipinski definition) is 1. The van der Waals surface area contributed by atoms with Crippen molar-refractivity contribution in [2.75, 3.05) is 0 Å². The Morgan fingerprint density at radius 3 is 2.61 bits per heavy atom. The maximum atomic E-state index is 12.6. The monoisotopic (exact) mass is 376 g/mol. The number of imidazole rings is 1. The number of aryl methyl sites for hydroxylation is 1. The second-order valence-electron chi connectivity index (χ2n) is 6.84. The number of unbranched alkanes of at least 4 members (excludes halogenated alkanes) is 1. The van der Waals surface area contributed by atoms with Crippen molar-refractivity contribution in [3.63, 3.8) is 0 Å². The van der Waals surface area contributed by atoms with Crippen LogP contribution in [0.25, 0.3) is 21.9 Å². The number of nitro benzene ring substituents is 1. The van der Waals surface area contributed by atoms with E-state index in [0.717, 1.165) is 47.1 Å². The van der Waals surface area contributed by atoms with Crippen LogP contribution in [0.2, 0.25) is 0 Å². The molecule has 7 heteroatoms. The van der Waals surface area contributed by atoms with Gasteiger partial charge in [-0.3, -0.25) is 14.9 Å². The lowest BCUT2D eigenvalue weighted by atomic mass is 10.1. The van der Waals surface area contributed by atoms with E-state index in [-0.39, 0.29) is 11.2 Å². The predicted molar refractivity (Wildman–Crippen MR) is 109 cm³/mol. The van der Waals surface area contributed by atoms with Gasteiger partial charge in [-0.25, -0.2) is 4.98 Å². The Labute approximate surface area is 160 Å². The summed E-state index contributed by atoms with van der Waals surface area (Å²) in [5.74, 6) is 0.858. The first kappa shape index (κ1) is 17.9. The number of aromatic amines is 1. The number of nitrogens with one attached hydrogen (secondary N) is 1. The number of nitro groups is 1. The molecule has 142 valence electrons. The van der Waals surface area contributed by atoms with E-state index < -0.39 is 4.92 Å². The van der Waals surface area contributed by atoms with Gasteiger partial charge < -0.3 is 9.55 Å². The molecule has 0 aliphatic heterocycles. The highest BCUT2D eigenvalue weighted by Gasteiger charge is 2.17.